The smallest absolute Gasteiger partial charge is 0.261 e. The first-order valence-corrected chi connectivity index (χ1v) is 11.9. The second-order valence-corrected chi connectivity index (χ2v) is 12.3. The molecule has 152 valence electrons. The Kier molecular flexibility index (Phi) is 6.78. The first-order chi connectivity index (χ1) is 14.0. The van der Waals surface area contributed by atoms with Crippen molar-refractivity contribution in [3.05, 3.63) is 84.9 Å². The van der Waals surface area contributed by atoms with Crippen LogP contribution >= 0.6 is 0 Å². The predicted octanol–water partition coefficient (Wildman–Crippen LogP) is 4.65. The molecule has 0 saturated carbocycles. The number of methoxy groups -OCH3 is 1. The predicted molar refractivity (Wildman–Crippen MR) is 122 cm³/mol. The average Bonchev–Trinajstić information content (AvgIpc) is 2.74. The molecule has 0 unspecified atom stereocenters. The third kappa shape index (κ3) is 4.71. The van der Waals surface area contributed by atoms with Gasteiger partial charge in [0.05, 0.1) is 13.7 Å². The Labute approximate surface area is 175 Å². The van der Waals surface area contributed by atoms with E-state index in [0.29, 0.717) is 13.2 Å². The lowest BCUT2D eigenvalue weighted by Gasteiger charge is -2.43. The van der Waals surface area contributed by atoms with Crippen LogP contribution in [-0.2, 0) is 4.43 Å². The molecule has 0 heterocycles. The highest BCUT2D eigenvalue weighted by Crippen LogP contribution is 2.36. The first-order valence-electron chi connectivity index (χ1n) is 9.99. The Hall–Kier alpha value is -2.56. The lowest BCUT2D eigenvalue weighted by molar-refractivity contribution is 0.207. The van der Waals surface area contributed by atoms with Crippen LogP contribution in [0.15, 0.2) is 84.9 Å². The molecule has 0 fully saturated rings. The molecule has 3 nitrogen and oxygen atoms in total. The van der Waals surface area contributed by atoms with Gasteiger partial charge in [-0.25, -0.2) is 0 Å². The van der Waals surface area contributed by atoms with Crippen LogP contribution in [0, 0.1) is 0 Å². The summed E-state index contributed by atoms with van der Waals surface area (Å²) in [7, 11) is -0.852. The van der Waals surface area contributed by atoms with Crippen molar-refractivity contribution in [2.75, 3.05) is 20.3 Å². The third-order valence-electron chi connectivity index (χ3n) is 5.13. The van der Waals surface area contributed by atoms with Crippen molar-refractivity contribution >= 4 is 18.7 Å². The van der Waals surface area contributed by atoms with Gasteiger partial charge in [-0.15, -0.1) is 0 Å². The van der Waals surface area contributed by atoms with E-state index in [9.17, 15) is 0 Å². The van der Waals surface area contributed by atoms with Crippen LogP contribution in [0.2, 0.25) is 5.04 Å². The third-order valence-corrected chi connectivity index (χ3v) is 10.2. The van der Waals surface area contributed by atoms with Gasteiger partial charge in [-0.3, -0.25) is 0 Å². The number of ether oxygens (including phenoxy) is 2. The van der Waals surface area contributed by atoms with Crippen molar-refractivity contribution < 1.29 is 13.9 Å². The van der Waals surface area contributed by atoms with Crippen molar-refractivity contribution in [1.82, 2.24) is 0 Å². The monoisotopic (exact) mass is 406 g/mol. The minimum atomic E-state index is -2.51. The number of hydrogen-bond acceptors (Lipinski definition) is 3. The van der Waals surface area contributed by atoms with Crippen molar-refractivity contribution in [3.63, 3.8) is 0 Å². The fraction of sp³-hybridized carbons (Fsp3) is 0.280. The summed E-state index contributed by atoms with van der Waals surface area (Å²) in [5.41, 5.74) is 0. The van der Waals surface area contributed by atoms with E-state index in [1.54, 1.807) is 7.11 Å². The maximum absolute atomic E-state index is 6.83. The molecule has 0 radical (unpaired) electrons. The molecule has 0 saturated heterocycles. The van der Waals surface area contributed by atoms with E-state index in [1.165, 1.54) is 10.4 Å². The topological polar surface area (TPSA) is 27.7 Å². The van der Waals surface area contributed by atoms with E-state index in [4.69, 9.17) is 13.9 Å². The zero-order chi connectivity index (χ0) is 20.7. The molecule has 0 aromatic heterocycles. The SMILES string of the molecule is COc1cccc(OCCO[Si](c2ccccc2)(c2ccccc2)C(C)(C)C)c1. The van der Waals surface area contributed by atoms with Gasteiger partial charge in [0.15, 0.2) is 0 Å². The first kappa shape index (κ1) is 21.2. The summed E-state index contributed by atoms with van der Waals surface area (Å²) in [5.74, 6) is 1.57. The fourth-order valence-corrected chi connectivity index (χ4v) is 8.35. The Balaban J connectivity index is 1.85. The van der Waals surface area contributed by atoms with Crippen LogP contribution in [0.25, 0.3) is 0 Å². The van der Waals surface area contributed by atoms with Gasteiger partial charge in [0.2, 0.25) is 0 Å². The van der Waals surface area contributed by atoms with Crippen LogP contribution in [0.5, 0.6) is 11.5 Å². The molecule has 0 amide bonds. The van der Waals surface area contributed by atoms with Crippen LogP contribution in [0.1, 0.15) is 20.8 Å². The van der Waals surface area contributed by atoms with Gasteiger partial charge in [-0.05, 0) is 27.5 Å². The molecule has 0 aliphatic carbocycles. The molecule has 0 bridgehead atoms. The molecule has 0 aliphatic heterocycles. The van der Waals surface area contributed by atoms with Gasteiger partial charge >= 0.3 is 0 Å². The number of benzene rings is 3. The molecule has 0 N–H and O–H groups in total. The van der Waals surface area contributed by atoms with E-state index >= 15 is 0 Å². The van der Waals surface area contributed by atoms with E-state index in [-0.39, 0.29) is 5.04 Å². The Morgan fingerprint density at radius 3 is 1.76 bits per heavy atom. The molecule has 3 rings (SSSR count). The van der Waals surface area contributed by atoms with Gasteiger partial charge in [0.25, 0.3) is 8.32 Å². The van der Waals surface area contributed by atoms with Crippen molar-refractivity contribution in [3.8, 4) is 11.5 Å². The summed E-state index contributed by atoms with van der Waals surface area (Å²) in [4.78, 5) is 0. The van der Waals surface area contributed by atoms with E-state index in [1.807, 2.05) is 24.3 Å². The standard InChI is InChI=1S/C25H30O3Si/c1-25(2,3)29(23-14-7-5-8-15-23,24-16-9-6-10-17-24)28-19-18-27-22-13-11-12-21(20-22)26-4/h5-17,20H,18-19H2,1-4H3. The Morgan fingerprint density at radius 2 is 1.24 bits per heavy atom. The quantitative estimate of drug-likeness (QED) is 0.403. The highest BCUT2D eigenvalue weighted by molar-refractivity contribution is 6.99. The zero-order valence-electron chi connectivity index (χ0n) is 17.7. The van der Waals surface area contributed by atoms with Crippen LogP contribution in [0.3, 0.4) is 0 Å². The summed E-state index contributed by atoms with van der Waals surface area (Å²) >= 11 is 0. The van der Waals surface area contributed by atoms with Crippen LogP contribution in [0.4, 0.5) is 0 Å². The summed E-state index contributed by atoms with van der Waals surface area (Å²) in [6.45, 7) is 7.84. The highest BCUT2D eigenvalue weighted by Gasteiger charge is 2.50. The lowest BCUT2D eigenvalue weighted by atomic mass is 10.2. The largest absolute Gasteiger partial charge is 0.497 e. The highest BCUT2D eigenvalue weighted by atomic mass is 28.4. The van der Waals surface area contributed by atoms with E-state index in [0.717, 1.165) is 11.5 Å². The summed E-state index contributed by atoms with van der Waals surface area (Å²) in [6, 6.07) is 29.0. The normalized spacial score (nSPS) is 11.9. The molecule has 0 aliphatic rings. The average molecular weight is 407 g/mol. The van der Waals surface area contributed by atoms with E-state index < -0.39 is 8.32 Å². The van der Waals surface area contributed by atoms with Crippen molar-refractivity contribution in [2.24, 2.45) is 0 Å². The Bertz CT molecular complexity index is 849. The maximum Gasteiger partial charge on any atom is 0.261 e. The molecule has 3 aromatic rings. The molecular formula is C25H30O3Si. The van der Waals surface area contributed by atoms with Crippen LogP contribution < -0.4 is 19.8 Å². The fourth-order valence-electron chi connectivity index (χ4n) is 3.81. The second kappa shape index (κ2) is 9.29. The number of rotatable bonds is 8. The van der Waals surface area contributed by atoms with Gasteiger partial charge in [0, 0.05) is 6.07 Å². The van der Waals surface area contributed by atoms with Gasteiger partial charge in [-0.1, -0.05) is 87.5 Å². The Morgan fingerprint density at radius 1 is 0.690 bits per heavy atom. The molecule has 0 atom stereocenters. The molecule has 29 heavy (non-hydrogen) atoms. The molecule has 4 heteroatoms. The summed E-state index contributed by atoms with van der Waals surface area (Å²) in [6.07, 6.45) is 0. The van der Waals surface area contributed by atoms with Crippen molar-refractivity contribution in [2.45, 2.75) is 25.8 Å². The lowest BCUT2D eigenvalue weighted by Crippen LogP contribution is -2.66. The number of hydrogen-bond donors (Lipinski definition) is 0. The molecular weight excluding hydrogens is 376 g/mol. The van der Waals surface area contributed by atoms with Gasteiger partial charge < -0.3 is 13.9 Å². The molecule has 3 aromatic carbocycles. The zero-order valence-corrected chi connectivity index (χ0v) is 18.7. The minimum absolute atomic E-state index is 0.0360. The second-order valence-electron chi connectivity index (χ2n) is 8.04. The summed E-state index contributed by atoms with van der Waals surface area (Å²) in [5, 5.41) is 2.52. The van der Waals surface area contributed by atoms with Crippen molar-refractivity contribution in [1.29, 1.82) is 0 Å². The summed E-state index contributed by atoms with van der Waals surface area (Å²) < 4.78 is 18.0. The maximum atomic E-state index is 6.83. The van der Waals surface area contributed by atoms with E-state index in [2.05, 4.69) is 81.4 Å². The van der Waals surface area contributed by atoms with Gasteiger partial charge in [0.1, 0.15) is 18.1 Å². The molecule has 0 spiro atoms. The minimum Gasteiger partial charge on any atom is -0.497 e. The van der Waals surface area contributed by atoms with Crippen LogP contribution in [-0.4, -0.2) is 28.6 Å². The van der Waals surface area contributed by atoms with Gasteiger partial charge in [-0.2, -0.15) is 0 Å².